The zero-order valence-corrected chi connectivity index (χ0v) is 13.9. The van der Waals surface area contributed by atoms with Crippen LogP contribution in [0.25, 0.3) is 0 Å². The van der Waals surface area contributed by atoms with Gasteiger partial charge >= 0.3 is 0 Å². The fraction of sp³-hybridized carbons (Fsp3) is 0.579. The van der Waals surface area contributed by atoms with Crippen molar-refractivity contribution in [3.8, 4) is 5.88 Å². The summed E-state index contributed by atoms with van der Waals surface area (Å²) in [6, 6.07) is 5.67. The van der Waals surface area contributed by atoms with E-state index in [2.05, 4.69) is 11.1 Å². The quantitative estimate of drug-likeness (QED) is 0.852. The summed E-state index contributed by atoms with van der Waals surface area (Å²) in [7, 11) is 0. The van der Waals surface area contributed by atoms with Gasteiger partial charge in [-0.15, -0.1) is 0 Å². The Morgan fingerprint density at radius 2 is 2.42 bits per heavy atom. The molecule has 0 unspecified atom stereocenters. The van der Waals surface area contributed by atoms with Crippen LogP contribution in [-0.2, 0) is 9.53 Å². The number of likely N-dealkylation sites (tertiary alicyclic amines) is 1. The van der Waals surface area contributed by atoms with Crippen LogP contribution in [0.2, 0.25) is 0 Å². The van der Waals surface area contributed by atoms with Crippen molar-refractivity contribution in [2.75, 3.05) is 26.3 Å². The van der Waals surface area contributed by atoms with E-state index in [1.807, 2.05) is 23.1 Å². The molecule has 0 radical (unpaired) electrons. The Morgan fingerprint density at radius 1 is 1.46 bits per heavy atom. The van der Waals surface area contributed by atoms with E-state index in [1.165, 1.54) is 0 Å². The van der Waals surface area contributed by atoms with Crippen LogP contribution >= 0.6 is 0 Å². The predicted molar refractivity (Wildman–Crippen MR) is 89.7 cm³/mol. The van der Waals surface area contributed by atoms with Gasteiger partial charge in [-0.3, -0.25) is 4.79 Å². The van der Waals surface area contributed by atoms with Crippen molar-refractivity contribution in [2.45, 2.75) is 38.2 Å². The Morgan fingerprint density at radius 3 is 3.21 bits per heavy atom. The van der Waals surface area contributed by atoms with Gasteiger partial charge in [0.2, 0.25) is 11.8 Å². The van der Waals surface area contributed by atoms with Crippen LogP contribution in [0.4, 0.5) is 0 Å². The minimum absolute atomic E-state index is 0.107. The van der Waals surface area contributed by atoms with Gasteiger partial charge in [0.05, 0.1) is 18.1 Å². The number of amides is 1. The Bertz CT molecular complexity index is 631. The molecule has 5 heteroatoms. The van der Waals surface area contributed by atoms with Gasteiger partial charge in [0, 0.05) is 37.5 Å². The number of hydrogen-bond acceptors (Lipinski definition) is 4. The maximum atomic E-state index is 12.8. The molecule has 24 heavy (non-hydrogen) atoms. The molecule has 2 aliphatic heterocycles. The molecule has 2 fully saturated rings. The van der Waals surface area contributed by atoms with Crippen molar-refractivity contribution in [1.82, 2.24) is 9.88 Å². The van der Waals surface area contributed by atoms with Crippen molar-refractivity contribution < 1.29 is 14.3 Å². The first-order chi connectivity index (χ1) is 11.8. The van der Waals surface area contributed by atoms with Crippen LogP contribution in [0.5, 0.6) is 5.88 Å². The lowest BCUT2D eigenvalue weighted by Gasteiger charge is -2.43. The standard InChI is InChI=1S/C19H24N2O3/c22-18(15-5-1-2-6-15)21-11-8-16-19(13-21,9-12-23-16)14-24-17-7-3-4-10-20-17/h3-5,7,10,16H,1-2,6,8-9,11-14H2/t16-,19+/m1/s1. The van der Waals surface area contributed by atoms with Crippen LogP contribution in [0, 0.1) is 5.41 Å². The SMILES string of the molecule is O=C(C1=CCCC1)N1CC[C@H]2OCC[C@@]2(COc2ccccn2)C1. The van der Waals surface area contributed by atoms with Gasteiger partial charge in [0.1, 0.15) is 0 Å². The lowest BCUT2D eigenvalue weighted by atomic mass is 9.77. The number of hydrogen-bond donors (Lipinski definition) is 0. The number of carbonyl (C=O) groups excluding carboxylic acids is 1. The summed E-state index contributed by atoms with van der Waals surface area (Å²) in [6.07, 6.45) is 8.92. The zero-order valence-electron chi connectivity index (χ0n) is 13.9. The van der Waals surface area contributed by atoms with Crippen molar-refractivity contribution >= 4 is 5.91 Å². The second-order valence-electron chi connectivity index (χ2n) is 7.07. The van der Waals surface area contributed by atoms with Crippen LogP contribution in [0.3, 0.4) is 0 Å². The highest BCUT2D eigenvalue weighted by Gasteiger charge is 2.49. The highest BCUT2D eigenvalue weighted by atomic mass is 16.5. The Balaban J connectivity index is 1.47. The molecule has 3 heterocycles. The molecule has 5 nitrogen and oxygen atoms in total. The van der Waals surface area contributed by atoms with E-state index in [9.17, 15) is 4.79 Å². The van der Waals surface area contributed by atoms with Crippen molar-refractivity contribution in [1.29, 1.82) is 0 Å². The molecule has 0 N–H and O–H groups in total. The second-order valence-corrected chi connectivity index (χ2v) is 7.07. The largest absolute Gasteiger partial charge is 0.477 e. The summed E-state index contributed by atoms with van der Waals surface area (Å²) in [4.78, 5) is 19.0. The van der Waals surface area contributed by atoms with E-state index >= 15 is 0 Å². The van der Waals surface area contributed by atoms with Gasteiger partial charge in [0.15, 0.2) is 0 Å². The third-order valence-corrected chi connectivity index (χ3v) is 5.52. The maximum absolute atomic E-state index is 12.8. The summed E-state index contributed by atoms with van der Waals surface area (Å²) in [6.45, 7) is 2.81. The normalized spacial score (nSPS) is 29.2. The van der Waals surface area contributed by atoms with Gasteiger partial charge in [-0.25, -0.2) is 4.98 Å². The van der Waals surface area contributed by atoms with Crippen molar-refractivity contribution in [3.63, 3.8) is 0 Å². The molecule has 0 spiro atoms. The number of ether oxygens (including phenoxy) is 2. The summed E-state index contributed by atoms with van der Waals surface area (Å²) in [5.74, 6) is 0.856. The lowest BCUT2D eigenvalue weighted by molar-refractivity contribution is -0.134. The molecular formula is C19H24N2O3. The van der Waals surface area contributed by atoms with Gasteiger partial charge in [-0.1, -0.05) is 12.1 Å². The summed E-state index contributed by atoms with van der Waals surface area (Å²) >= 11 is 0. The fourth-order valence-electron chi connectivity index (χ4n) is 4.15. The van der Waals surface area contributed by atoms with Gasteiger partial charge in [0.25, 0.3) is 0 Å². The lowest BCUT2D eigenvalue weighted by Crippen LogP contribution is -2.54. The smallest absolute Gasteiger partial charge is 0.249 e. The minimum Gasteiger partial charge on any atom is -0.477 e. The van der Waals surface area contributed by atoms with E-state index in [0.717, 1.165) is 57.4 Å². The van der Waals surface area contributed by atoms with Gasteiger partial charge in [-0.2, -0.15) is 0 Å². The molecule has 3 aliphatic rings. The topological polar surface area (TPSA) is 51.7 Å². The number of pyridine rings is 1. The number of piperidine rings is 1. The van der Waals surface area contributed by atoms with E-state index in [0.29, 0.717) is 12.5 Å². The molecule has 2 saturated heterocycles. The highest BCUT2D eigenvalue weighted by molar-refractivity contribution is 5.93. The third-order valence-electron chi connectivity index (χ3n) is 5.52. The highest BCUT2D eigenvalue weighted by Crippen LogP contribution is 2.41. The van der Waals surface area contributed by atoms with Crippen LogP contribution < -0.4 is 4.74 Å². The van der Waals surface area contributed by atoms with Crippen LogP contribution in [0.1, 0.15) is 32.1 Å². The number of aromatic nitrogens is 1. The number of allylic oxidation sites excluding steroid dienone is 1. The molecule has 1 aromatic rings. The maximum Gasteiger partial charge on any atom is 0.249 e. The summed E-state index contributed by atoms with van der Waals surface area (Å²) < 4.78 is 11.9. The molecular weight excluding hydrogens is 304 g/mol. The van der Waals surface area contributed by atoms with Gasteiger partial charge in [-0.05, 0) is 38.2 Å². The molecule has 1 amide bonds. The average Bonchev–Trinajstić information content (AvgIpc) is 3.29. The number of fused-ring (bicyclic) bond motifs is 1. The van der Waals surface area contributed by atoms with E-state index in [4.69, 9.17) is 9.47 Å². The number of carbonyl (C=O) groups is 1. The van der Waals surface area contributed by atoms with Crippen molar-refractivity contribution in [2.24, 2.45) is 5.41 Å². The number of nitrogens with zero attached hydrogens (tertiary/aromatic N) is 2. The monoisotopic (exact) mass is 328 g/mol. The first-order valence-electron chi connectivity index (χ1n) is 8.91. The van der Waals surface area contributed by atoms with E-state index in [-0.39, 0.29) is 17.4 Å². The minimum atomic E-state index is -0.107. The Hall–Kier alpha value is -1.88. The fourth-order valence-corrected chi connectivity index (χ4v) is 4.15. The zero-order chi connectivity index (χ0) is 16.4. The van der Waals surface area contributed by atoms with Gasteiger partial charge < -0.3 is 14.4 Å². The van der Waals surface area contributed by atoms with E-state index < -0.39 is 0 Å². The molecule has 1 aromatic heterocycles. The summed E-state index contributed by atoms with van der Waals surface area (Å²) in [5, 5.41) is 0. The number of rotatable bonds is 4. The molecule has 0 bridgehead atoms. The molecule has 1 aliphatic carbocycles. The van der Waals surface area contributed by atoms with Crippen LogP contribution in [0.15, 0.2) is 36.0 Å². The predicted octanol–water partition coefficient (Wildman–Crippen LogP) is 2.58. The molecule has 0 aromatic carbocycles. The van der Waals surface area contributed by atoms with E-state index in [1.54, 1.807) is 6.20 Å². The second kappa shape index (κ2) is 6.55. The first-order valence-corrected chi connectivity index (χ1v) is 8.91. The Kier molecular flexibility index (Phi) is 4.27. The Labute approximate surface area is 142 Å². The molecule has 128 valence electrons. The third kappa shape index (κ3) is 2.93. The molecule has 2 atom stereocenters. The molecule has 0 saturated carbocycles. The van der Waals surface area contributed by atoms with Crippen LogP contribution in [-0.4, -0.2) is 48.2 Å². The summed E-state index contributed by atoms with van der Waals surface area (Å²) in [5.41, 5.74) is 0.887. The first kappa shape index (κ1) is 15.6. The average molecular weight is 328 g/mol. The van der Waals surface area contributed by atoms with Crippen molar-refractivity contribution in [3.05, 3.63) is 36.0 Å². The molecule has 4 rings (SSSR count).